The molecule has 2 aliphatic heterocycles. The molecular formula is C21H26N8OS. The van der Waals surface area contributed by atoms with Crippen molar-refractivity contribution >= 4 is 23.1 Å². The molecule has 0 N–H and O–H groups in total. The summed E-state index contributed by atoms with van der Waals surface area (Å²) >= 11 is 1.64. The van der Waals surface area contributed by atoms with Gasteiger partial charge in [0.05, 0.1) is 35.3 Å². The second-order valence-corrected chi connectivity index (χ2v) is 8.84. The monoisotopic (exact) mass is 438 g/mol. The number of rotatable bonds is 4. The van der Waals surface area contributed by atoms with E-state index in [0.717, 1.165) is 73.3 Å². The number of hydrogen-bond donors (Lipinski definition) is 0. The van der Waals surface area contributed by atoms with Gasteiger partial charge in [-0.1, -0.05) is 0 Å². The van der Waals surface area contributed by atoms with Crippen molar-refractivity contribution in [3.63, 3.8) is 0 Å². The van der Waals surface area contributed by atoms with Gasteiger partial charge in [0.1, 0.15) is 5.69 Å². The van der Waals surface area contributed by atoms with Gasteiger partial charge in [-0.2, -0.15) is 5.10 Å². The predicted octanol–water partition coefficient (Wildman–Crippen LogP) is 1.56. The predicted molar refractivity (Wildman–Crippen MR) is 119 cm³/mol. The molecule has 10 heteroatoms. The van der Waals surface area contributed by atoms with E-state index in [0.29, 0.717) is 13.1 Å². The third-order valence-electron chi connectivity index (χ3n) is 5.96. The summed E-state index contributed by atoms with van der Waals surface area (Å²) in [5, 5.41) is 6.46. The normalized spacial score (nSPS) is 17.1. The zero-order valence-electron chi connectivity index (χ0n) is 17.9. The minimum absolute atomic E-state index is 0.0793. The highest BCUT2D eigenvalue weighted by Gasteiger charge is 2.27. The zero-order valence-corrected chi connectivity index (χ0v) is 18.7. The van der Waals surface area contributed by atoms with Crippen LogP contribution in [0.1, 0.15) is 24.0 Å². The number of nitrogens with zero attached hydrogens (tertiary/aromatic N) is 8. The van der Waals surface area contributed by atoms with Crippen molar-refractivity contribution in [2.75, 3.05) is 37.6 Å². The molecule has 0 radical (unpaired) electrons. The lowest BCUT2D eigenvalue weighted by Gasteiger charge is -2.36. The maximum Gasteiger partial charge on any atom is 0.219 e. The van der Waals surface area contributed by atoms with E-state index >= 15 is 0 Å². The van der Waals surface area contributed by atoms with Crippen LogP contribution in [-0.4, -0.2) is 73.2 Å². The molecule has 1 saturated heterocycles. The molecule has 31 heavy (non-hydrogen) atoms. The number of anilines is 1. The Morgan fingerprint density at radius 3 is 2.65 bits per heavy atom. The Hall–Kier alpha value is -2.85. The Labute approximate surface area is 185 Å². The number of carbonyl (C=O) groups excluding carboxylic acids is 1. The molecule has 0 aromatic carbocycles. The van der Waals surface area contributed by atoms with Gasteiger partial charge in [0.25, 0.3) is 0 Å². The minimum atomic E-state index is 0.0793. The molecule has 162 valence electrons. The SMILES string of the molecule is CC(=O)N1CCc2nc(N3CCN(Cc4cscn4)CC3)c(-c3cnn(C)c3)nc2C1. The molecule has 1 fully saturated rings. The largest absolute Gasteiger partial charge is 0.352 e. The van der Waals surface area contributed by atoms with E-state index < -0.39 is 0 Å². The Bertz CT molecular complexity index is 1070. The molecule has 5 rings (SSSR count). The zero-order chi connectivity index (χ0) is 21.4. The van der Waals surface area contributed by atoms with Crippen molar-refractivity contribution in [3.8, 4) is 11.3 Å². The maximum absolute atomic E-state index is 11.9. The third-order valence-corrected chi connectivity index (χ3v) is 6.59. The van der Waals surface area contributed by atoms with Crippen LogP contribution in [0.4, 0.5) is 5.82 Å². The second-order valence-electron chi connectivity index (χ2n) is 8.13. The number of hydrogen-bond acceptors (Lipinski definition) is 8. The van der Waals surface area contributed by atoms with Gasteiger partial charge in [-0.3, -0.25) is 14.4 Å². The Kier molecular flexibility index (Phi) is 5.41. The first-order valence-corrected chi connectivity index (χ1v) is 11.5. The van der Waals surface area contributed by atoms with Gasteiger partial charge in [0.2, 0.25) is 5.91 Å². The number of carbonyl (C=O) groups is 1. The van der Waals surface area contributed by atoms with E-state index in [-0.39, 0.29) is 5.91 Å². The number of fused-ring (bicyclic) bond motifs is 1. The maximum atomic E-state index is 11.9. The van der Waals surface area contributed by atoms with Gasteiger partial charge in [-0.15, -0.1) is 11.3 Å². The minimum Gasteiger partial charge on any atom is -0.352 e. The highest BCUT2D eigenvalue weighted by atomic mass is 32.1. The summed E-state index contributed by atoms with van der Waals surface area (Å²) in [5.41, 5.74) is 6.74. The van der Waals surface area contributed by atoms with Crippen molar-refractivity contribution in [2.45, 2.75) is 26.4 Å². The van der Waals surface area contributed by atoms with Crippen LogP contribution in [0.25, 0.3) is 11.3 Å². The molecule has 5 heterocycles. The van der Waals surface area contributed by atoms with Gasteiger partial charge < -0.3 is 9.80 Å². The lowest BCUT2D eigenvalue weighted by atomic mass is 10.1. The lowest BCUT2D eigenvalue weighted by Crippen LogP contribution is -2.46. The van der Waals surface area contributed by atoms with Crippen LogP contribution in [0.5, 0.6) is 0 Å². The van der Waals surface area contributed by atoms with Crippen LogP contribution in [0, 0.1) is 0 Å². The van der Waals surface area contributed by atoms with E-state index in [4.69, 9.17) is 9.97 Å². The van der Waals surface area contributed by atoms with Crippen LogP contribution < -0.4 is 4.90 Å². The number of thiazole rings is 1. The summed E-state index contributed by atoms with van der Waals surface area (Å²) in [6.45, 7) is 7.43. The standard InChI is InChI=1S/C21H26N8OS/c1-15(30)29-4-3-18-19(12-29)24-20(16-9-23-26(2)10-16)21(25-18)28-7-5-27(6-8-28)11-17-13-31-14-22-17/h9-10,13-14H,3-8,11-12H2,1-2H3. The van der Waals surface area contributed by atoms with Crippen LogP contribution in [-0.2, 0) is 31.4 Å². The van der Waals surface area contributed by atoms with E-state index in [9.17, 15) is 4.79 Å². The topological polar surface area (TPSA) is 83.3 Å². The van der Waals surface area contributed by atoms with Crippen LogP contribution >= 0.6 is 11.3 Å². The number of piperazine rings is 1. The summed E-state index contributed by atoms with van der Waals surface area (Å²) in [6, 6.07) is 0. The summed E-state index contributed by atoms with van der Waals surface area (Å²) in [4.78, 5) is 33.0. The number of aryl methyl sites for hydroxylation is 1. The van der Waals surface area contributed by atoms with Gasteiger partial charge in [0.15, 0.2) is 5.82 Å². The van der Waals surface area contributed by atoms with Crippen molar-refractivity contribution < 1.29 is 4.79 Å². The first-order chi connectivity index (χ1) is 15.1. The molecule has 0 aliphatic carbocycles. The van der Waals surface area contributed by atoms with Crippen LogP contribution in [0.15, 0.2) is 23.3 Å². The molecule has 2 aliphatic rings. The smallest absolute Gasteiger partial charge is 0.219 e. The van der Waals surface area contributed by atoms with E-state index in [1.54, 1.807) is 22.9 Å². The number of aromatic nitrogens is 5. The lowest BCUT2D eigenvalue weighted by molar-refractivity contribution is -0.129. The summed E-state index contributed by atoms with van der Waals surface area (Å²) in [7, 11) is 1.91. The van der Waals surface area contributed by atoms with Gasteiger partial charge in [-0.05, 0) is 0 Å². The van der Waals surface area contributed by atoms with Crippen molar-refractivity contribution in [1.82, 2.24) is 34.5 Å². The third kappa shape index (κ3) is 4.17. The molecule has 0 atom stereocenters. The van der Waals surface area contributed by atoms with Crippen LogP contribution in [0.3, 0.4) is 0 Å². The molecule has 0 spiro atoms. The van der Waals surface area contributed by atoms with Crippen molar-refractivity contribution in [1.29, 1.82) is 0 Å². The fourth-order valence-electron chi connectivity index (χ4n) is 4.21. The molecule has 9 nitrogen and oxygen atoms in total. The van der Waals surface area contributed by atoms with Crippen LogP contribution in [0.2, 0.25) is 0 Å². The molecule has 0 unspecified atom stereocenters. The molecule has 3 aromatic heterocycles. The average molecular weight is 439 g/mol. The van der Waals surface area contributed by atoms with E-state index in [1.807, 2.05) is 29.9 Å². The molecular weight excluding hydrogens is 412 g/mol. The summed E-state index contributed by atoms with van der Waals surface area (Å²) in [5.74, 6) is 1.01. The molecule has 0 bridgehead atoms. The summed E-state index contributed by atoms with van der Waals surface area (Å²) in [6.07, 6.45) is 4.56. The Morgan fingerprint density at radius 2 is 1.97 bits per heavy atom. The summed E-state index contributed by atoms with van der Waals surface area (Å²) < 4.78 is 1.79. The van der Waals surface area contributed by atoms with Crippen molar-refractivity contribution in [3.05, 3.63) is 40.4 Å². The highest BCUT2D eigenvalue weighted by molar-refractivity contribution is 7.07. The first kappa shape index (κ1) is 20.1. The molecule has 1 amide bonds. The highest BCUT2D eigenvalue weighted by Crippen LogP contribution is 2.31. The Balaban J connectivity index is 1.42. The van der Waals surface area contributed by atoms with Gasteiger partial charge in [0, 0.05) is 76.8 Å². The van der Waals surface area contributed by atoms with Crippen molar-refractivity contribution in [2.24, 2.45) is 7.05 Å². The number of amides is 1. The fraction of sp³-hybridized carbons (Fsp3) is 0.476. The van der Waals surface area contributed by atoms with Gasteiger partial charge in [-0.25, -0.2) is 15.0 Å². The van der Waals surface area contributed by atoms with E-state index in [2.05, 4.69) is 25.3 Å². The quantitative estimate of drug-likeness (QED) is 0.611. The fourth-order valence-corrected chi connectivity index (χ4v) is 4.76. The molecule has 3 aromatic rings. The second kappa shape index (κ2) is 8.35. The van der Waals surface area contributed by atoms with E-state index in [1.165, 1.54) is 0 Å². The molecule has 0 saturated carbocycles. The average Bonchev–Trinajstić information content (AvgIpc) is 3.44. The van der Waals surface area contributed by atoms with Gasteiger partial charge >= 0.3 is 0 Å². The first-order valence-electron chi connectivity index (χ1n) is 10.6. The Morgan fingerprint density at radius 1 is 1.13 bits per heavy atom.